The summed E-state index contributed by atoms with van der Waals surface area (Å²) >= 11 is 0. The first-order valence-corrected chi connectivity index (χ1v) is 18.0. The Kier molecular flexibility index (Phi) is 6.86. The number of benzene rings is 7. The summed E-state index contributed by atoms with van der Waals surface area (Å²) in [5.74, 6) is 1.52. The van der Waals surface area contributed by atoms with Crippen molar-refractivity contribution in [1.82, 2.24) is 0 Å². The van der Waals surface area contributed by atoms with Gasteiger partial charge >= 0.3 is 0 Å². The number of para-hydroxylation sites is 3. The summed E-state index contributed by atoms with van der Waals surface area (Å²) < 4.78 is 17.9. The normalized spacial score (nSPS) is 21.0. The number of hydrogen-bond donors (Lipinski definition) is 3. The lowest BCUT2D eigenvalue weighted by Gasteiger charge is -2.35. The van der Waals surface area contributed by atoms with Crippen LogP contribution in [0.4, 0.5) is 0 Å². The fraction of sp³-hybridized carbons (Fsp3) is 0.125. The molecule has 0 aliphatic heterocycles. The van der Waals surface area contributed by atoms with Gasteiger partial charge in [-0.2, -0.15) is 0 Å². The van der Waals surface area contributed by atoms with Crippen LogP contribution >= 0.6 is 0 Å². The molecule has 0 bridgehead atoms. The van der Waals surface area contributed by atoms with Gasteiger partial charge in [0.1, 0.15) is 34.1 Å². The minimum Gasteiger partial charge on any atom is -0.496 e. The van der Waals surface area contributed by atoms with E-state index in [-0.39, 0.29) is 0 Å². The van der Waals surface area contributed by atoms with Crippen molar-refractivity contribution < 1.29 is 29.5 Å². The van der Waals surface area contributed by atoms with E-state index in [9.17, 15) is 15.3 Å². The second-order valence-corrected chi connectivity index (χ2v) is 14.1. The third-order valence-electron chi connectivity index (χ3n) is 11.8. The maximum Gasteiger partial charge on any atom is 0.145 e. The molecule has 0 fully saturated rings. The number of rotatable bonds is 6. The smallest absolute Gasteiger partial charge is 0.145 e. The summed E-state index contributed by atoms with van der Waals surface area (Å²) in [5.41, 5.74) is 4.26. The van der Waals surface area contributed by atoms with Gasteiger partial charge in [0.25, 0.3) is 0 Å². The summed E-state index contributed by atoms with van der Waals surface area (Å²) in [5, 5.41) is 41.7. The van der Waals surface area contributed by atoms with Gasteiger partial charge in [0.2, 0.25) is 0 Å². The standard InChI is InChI=1S/C48H36O6/c1-52-37-25-13-10-22-34(37)46(49)31-19-7-4-16-28(31)40-43(46)41-29-17-5-8-20-32(29)47(50,35-23-11-14-26-38(35)53-2)45(41)42-30-18-6-9-21-33(30)48(51,44(40)42)36-24-12-15-27-39(36)54-3/h4-27,49-51H,1-3H3/t46-,47-,48+/m1/s1. The SMILES string of the molecule is COc1ccccc1[C@@]1(O)c2ccccc2-c2c1c1c(c3c2[C@](O)(c2ccccc2OC)c2ccccc2-3)[C@](O)(c2ccccc2OC)c2ccccc2-1. The van der Waals surface area contributed by atoms with E-state index in [1.54, 1.807) is 21.3 Å². The molecule has 6 heteroatoms. The first-order chi connectivity index (χ1) is 26.3. The van der Waals surface area contributed by atoms with Crippen LogP contribution in [0, 0.1) is 0 Å². The van der Waals surface area contributed by atoms with Crippen molar-refractivity contribution in [1.29, 1.82) is 0 Å². The van der Waals surface area contributed by atoms with Gasteiger partial charge in [0.05, 0.1) is 21.3 Å². The Hall–Kier alpha value is -6.18. The van der Waals surface area contributed by atoms with Crippen molar-refractivity contribution in [3.05, 3.63) is 196 Å². The molecule has 0 aromatic heterocycles. The van der Waals surface area contributed by atoms with Crippen molar-refractivity contribution >= 4 is 0 Å². The molecule has 0 saturated carbocycles. The number of methoxy groups -OCH3 is 3. The molecule has 0 unspecified atom stereocenters. The lowest BCUT2D eigenvalue weighted by atomic mass is 9.73. The van der Waals surface area contributed by atoms with E-state index in [1.807, 2.05) is 146 Å². The topological polar surface area (TPSA) is 88.4 Å². The minimum atomic E-state index is -1.78. The van der Waals surface area contributed by atoms with Gasteiger partial charge in [0, 0.05) is 50.1 Å². The highest BCUT2D eigenvalue weighted by Gasteiger charge is 2.60. The highest BCUT2D eigenvalue weighted by Crippen LogP contribution is 2.69. The van der Waals surface area contributed by atoms with Gasteiger partial charge in [0.15, 0.2) is 0 Å². The van der Waals surface area contributed by atoms with Crippen LogP contribution in [0.2, 0.25) is 0 Å². The molecule has 6 nitrogen and oxygen atoms in total. The molecule has 3 N–H and O–H groups in total. The Morgan fingerprint density at radius 2 is 0.537 bits per heavy atom. The van der Waals surface area contributed by atoms with Gasteiger partial charge in [-0.3, -0.25) is 0 Å². The van der Waals surface area contributed by atoms with Crippen LogP contribution < -0.4 is 14.2 Å². The quantitative estimate of drug-likeness (QED) is 0.161. The van der Waals surface area contributed by atoms with Crippen LogP contribution in [0.5, 0.6) is 17.2 Å². The van der Waals surface area contributed by atoms with Gasteiger partial charge in [-0.05, 0) is 51.6 Å². The average Bonchev–Trinajstić information content (AvgIpc) is 3.77. The molecule has 54 heavy (non-hydrogen) atoms. The monoisotopic (exact) mass is 708 g/mol. The summed E-state index contributed by atoms with van der Waals surface area (Å²) in [6, 6.07) is 46.0. The molecule has 0 radical (unpaired) electrons. The average molecular weight is 709 g/mol. The van der Waals surface area contributed by atoms with Crippen LogP contribution in [0.3, 0.4) is 0 Å². The van der Waals surface area contributed by atoms with Crippen molar-refractivity contribution in [3.63, 3.8) is 0 Å². The van der Waals surface area contributed by atoms with Gasteiger partial charge < -0.3 is 29.5 Å². The lowest BCUT2D eigenvalue weighted by molar-refractivity contribution is 0.119. The van der Waals surface area contributed by atoms with Crippen molar-refractivity contribution in [2.24, 2.45) is 0 Å². The van der Waals surface area contributed by atoms with E-state index in [4.69, 9.17) is 14.2 Å². The van der Waals surface area contributed by atoms with E-state index < -0.39 is 16.8 Å². The van der Waals surface area contributed by atoms with E-state index in [1.165, 1.54) is 0 Å². The van der Waals surface area contributed by atoms with Crippen molar-refractivity contribution in [2.75, 3.05) is 21.3 Å². The Balaban J connectivity index is 1.51. The molecule has 7 aromatic carbocycles. The number of aliphatic hydroxyl groups is 3. The maximum absolute atomic E-state index is 13.9. The van der Waals surface area contributed by atoms with Crippen LogP contribution in [0.1, 0.15) is 50.1 Å². The summed E-state index contributed by atoms with van der Waals surface area (Å²) in [7, 11) is 4.80. The number of hydrogen-bond acceptors (Lipinski definition) is 6. The molecule has 0 amide bonds. The Bertz CT molecular complexity index is 2380. The second-order valence-electron chi connectivity index (χ2n) is 14.1. The van der Waals surface area contributed by atoms with Gasteiger partial charge in [-0.25, -0.2) is 0 Å². The molecule has 0 heterocycles. The van der Waals surface area contributed by atoms with E-state index in [2.05, 4.69) is 0 Å². The van der Waals surface area contributed by atoms with Gasteiger partial charge in [-0.15, -0.1) is 0 Å². The maximum atomic E-state index is 13.9. The summed E-state index contributed by atoms with van der Waals surface area (Å²) in [6.07, 6.45) is 0. The molecular formula is C48H36O6. The van der Waals surface area contributed by atoms with Crippen LogP contribution in [-0.4, -0.2) is 36.6 Å². The summed E-state index contributed by atoms with van der Waals surface area (Å²) in [4.78, 5) is 0. The fourth-order valence-electron chi connectivity index (χ4n) is 9.77. The Morgan fingerprint density at radius 3 is 0.796 bits per heavy atom. The van der Waals surface area contributed by atoms with Crippen LogP contribution in [0.15, 0.2) is 146 Å². The predicted octanol–water partition coefficient (Wildman–Crippen LogP) is 8.51. The predicted molar refractivity (Wildman–Crippen MR) is 208 cm³/mol. The molecule has 264 valence electrons. The zero-order valence-corrected chi connectivity index (χ0v) is 29.9. The van der Waals surface area contributed by atoms with Crippen LogP contribution in [0.25, 0.3) is 33.4 Å². The molecule has 0 spiro atoms. The zero-order valence-electron chi connectivity index (χ0n) is 29.9. The number of fused-ring (bicyclic) bond motifs is 12. The first kappa shape index (κ1) is 32.5. The molecule has 3 atom stereocenters. The lowest BCUT2D eigenvalue weighted by Crippen LogP contribution is -2.32. The zero-order chi connectivity index (χ0) is 37.0. The highest BCUT2D eigenvalue weighted by atomic mass is 16.5. The molecule has 3 aliphatic rings. The first-order valence-electron chi connectivity index (χ1n) is 18.0. The molecule has 0 saturated heterocycles. The third kappa shape index (κ3) is 3.79. The van der Waals surface area contributed by atoms with E-state index in [0.29, 0.717) is 84.0 Å². The highest BCUT2D eigenvalue weighted by molar-refractivity contribution is 6.06. The van der Waals surface area contributed by atoms with E-state index >= 15 is 0 Å². The van der Waals surface area contributed by atoms with Gasteiger partial charge in [-0.1, -0.05) is 127 Å². The number of ether oxygens (including phenoxy) is 3. The third-order valence-corrected chi connectivity index (χ3v) is 11.8. The second kappa shape index (κ2) is 11.4. The molecule has 7 aromatic rings. The van der Waals surface area contributed by atoms with Crippen molar-refractivity contribution in [2.45, 2.75) is 16.8 Å². The summed E-state index contributed by atoms with van der Waals surface area (Å²) in [6.45, 7) is 0. The Labute approximate surface area is 313 Å². The van der Waals surface area contributed by atoms with Crippen molar-refractivity contribution in [3.8, 4) is 50.6 Å². The minimum absolute atomic E-state index is 0.506. The fourth-order valence-corrected chi connectivity index (χ4v) is 9.77. The largest absolute Gasteiger partial charge is 0.496 e. The molecular weight excluding hydrogens is 673 g/mol. The van der Waals surface area contributed by atoms with Crippen LogP contribution in [-0.2, 0) is 16.8 Å². The molecule has 10 rings (SSSR count). The molecule has 3 aliphatic carbocycles. The Morgan fingerprint density at radius 1 is 0.315 bits per heavy atom. The van der Waals surface area contributed by atoms with E-state index in [0.717, 1.165) is 16.7 Å².